The number of hydrogen-bond donors (Lipinski definition) is 2. The average Bonchev–Trinajstić information content (AvgIpc) is 2.16. The maximum absolute atomic E-state index is 12.8. The fraction of sp³-hybridized carbons (Fsp3) is 0.364. The molecular weight excluding hydrogens is 214 g/mol. The van der Waals surface area contributed by atoms with Gasteiger partial charge in [0, 0.05) is 12.6 Å². The van der Waals surface area contributed by atoms with Crippen LogP contribution < -0.4 is 10.6 Å². The molecule has 0 radical (unpaired) electrons. The molecule has 1 aromatic carbocycles. The normalized spacial score (nSPS) is 10.2. The zero-order valence-electron chi connectivity index (χ0n) is 9.02. The lowest BCUT2D eigenvalue weighted by atomic mass is 10.1. The van der Waals surface area contributed by atoms with E-state index in [-0.39, 0.29) is 12.5 Å². The highest BCUT2D eigenvalue weighted by atomic mass is 19.1. The molecule has 1 aromatic rings. The molecule has 0 unspecified atom stereocenters. The molecule has 0 atom stereocenters. The van der Waals surface area contributed by atoms with E-state index in [1.807, 2.05) is 0 Å². The summed E-state index contributed by atoms with van der Waals surface area (Å²) in [6.07, 6.45) is 0.407. The molecule has 0 aliphatic rings. The van der Waals surface area contributed by atoms with Gasteiger partial charge in [-0.1, -0.05) is 0 Å². The standard InChI is InChI=1S/C11H14F2N2O/c1-14-7-11(16)15-3-2-8-4-9(12)6-10(13)5-8/h4-6,14H,2-3,7H2,1H3,(H,15,16). The van der Waals surface area contributed by atoms with E-state index < -0.39 is 11.6 Å². The number of carbonyl (C=O) groups excluding carboxylic acids is 1. The van der Waals surface area contributed by atoms with Gasteiger partial charge in [0.15, 0.2) is 0 Å². The Morgan fingerprint density at radius 2 is 1.88 bits per heavy atom. The summed E-state index contributed by atoms with van der Waals surface area (Å²) >= 11 is 0. The highest BCUT2D eigenvalue weighted by Crippen LogP contribution is 2.07. The Kier molecular flexibility index (Phi) is 4.85. The summed E-state index contributed by atoms with van der Waals surface area (Å²) in [4.78, 5) is 11.0. The van der Waals surface area contributed by atoms with Gasteiger partial charge in [-0.3, -0.25) is 4.79 Å². The van der Waals surface area contributed by atoms with Gasteiger partial charge in [0.1, 0.15) is 11.6 Å². The summed E-state index contributed by atoms with van der Waals surface area (Å²) < 4.78 is 25.6. The lowest BCUT2D eigenvalue weighted by Crippen LogP contribution is -2.33. The number of halogens is 2. The van der Waals surface area contributed by atoms with E-state index in [0.717, 1.165) is 6.07 Å². The largest absolute Gasteiger partial charge is 0.355 e. The Hall–Kier alpha value is -1.49. The summed E-state index contributed by atoms with van der Waals surface area (Å²) in [6.45, 7) is 0.598. The SMILES string of the molecule is CNCC(=O)NCCc1cc(F)cc(F)c1. The summed E-state index contributed by atoms with van der Waals surface area (Å²) in [6, 6.07) is 3.34. The zero-order valence-corrected chi connectivity index (χ0v) is 9.02. The van der Waals surface area contributed by atoms with Crippen LogP contribution in [0, 0.1) is 11.6 Å². The van der Waals surface area contributed by atoms with Crippen LogP contribution in [0.1, 0.15) is 5.56 Å². The van der Waals surface area contributed by atoms with Crippen LogP contribution in [-0.4, -0.2) is 26.0 Å². The number of rotatable bonds is 5. The Balaban J connectivity index is 2.40. The molecule has 0 aromatic heterocycles. The smallest absolute Gasteiger partial charge is 0.233 e. The number of benzene rings is 1. The van der Waals surface area contributed by atoms with E-state index in [0.29, 0.717) is 18.5 Å². The van der Waals surface area contributed by atoms with Crippen molar-refractivity contribution >= 4 is 5.91 Å². The maximum atomic E-state index is 12.8. The molecule has 88 valence electrons. The molecule has 0 bridgehead atoms. The third-order valence-corrected chi connectivity index (χ3v) is 2.00. The first kappa shape index (κ1) is 12.6. The van der Waals surface area contributed by atoms with Gasteiger partial charge in [0.25, 0.3) is 0 Å². The van der Waals surface area contributed by atoms with Crippen LogP contribution in [0.25, 0.3) is 0 Å². The third kappa shape index (κ3) is 4.35. The molecule has 16 heavy (non-hydrogen) atoms. The van der Waals surface area contributed by atoms with Crippen molar-refractivity contribution in [3.05, 3.63) is 35.4 Å². The first-order valence-electron chi connectivity index (χ1n) is 4.98. The van der Waals surface area contributed by atoms with Crippen molar-refractivity contribution in [3.8, 4) is 0 Å². The van der Waals surface area contributed by atoms with Gasteiger partial charge in [0.05, 0.1) is 6.54 Å². The quantitative estimate of drug-likeness (QED) is 0.784. The van der Waals surface area contributed by atoms with Crippen molar-refractivity contribution in [2.24, 2.45) is 0 Å². The fourth-order valence-electron chi connectivity index (χ4n) is 1.32. The van der Waals surface area contributed by atoms with Crippen LogP contribution in [0.15, 0.2) is 18.2 Å². The minimum absolute atomic E-state index is 0.139. The second kappa shape index (κ2) is 6.17. The second-order valence-corrected chi connectivity index (χ2v) is 3.41. The molecule has 0 heterocycles. The molecule has 1 amide bonds. The number of carbonyl (C=O) groups is 1. The third-order valence-electron chi connectivity index (χ3n) is 2.00. The molecule has 3 nitrogen and oxygen atoms in total. The van der Waals surface area contributed by atoms with Crippen LogP contribution in [0.2, 0.25) is 0 Å². The van der Waals surface area contributed by atoms with E-state index in [4.69, 9.17) is 0 Å². The Labute approximate surface area is 92.8 Å². The molecular formula is C11H14F2N2O. The Morgan fingerprint density at radius 3 is 2.44 bits per heavy atom. The summed E-state index contributed by atoms with van der Waals surface area (Å²) in [7, 11) is 1.67. The molecule has 0 fully saturated rings. The van der Waals surface area contributed by atoms with Gasteiger partial charge in [-0.25, -0.2) is 8.78 Å². The van der Waals surface area contributed by atoms with E-state index in [1.54, 1.807) is 7.05 Å². The predicted molar refractivity (Wildman–Crippen MR) is 57.0 cm³/mol. The topological polar surface area (TPSA) is 41.1 Å². The molecule has 0 spiro atoms. The number of amides is 1. The molecule has 5 heteroatoms. The Bertz CT molecular complexity index is 349. The maximum Gasteiger partial charge on any atom is 0.233 e. The zero-order chi connectivity index (χ0) is 12.0. The van der Waals surface area contributed by atoms with Crippen molar-refractivity contribution in [1.29, 1.82) is 0 Å². The van der Waals surface area contributed by atoms with Gasteiger partial charge in [-0.15, -0.1) is 0 Å². The molecule has 0 aliphatic carbocycles. The predicted octanol–water partition coefficient (Wildman–Crippen LogP) is 0.843. The lowest BCUT2D eigenvalue weighted by molar-refractivity contribution is -0.120. The van der Waals surface area contributed by atoms with Crippen LogP contribution in [0.3, 0.4) is 0 Å². The van der Waals surface area contributed by atoms with Crippen LogP contribution in [0.5, 0.6) is 0 Å². The monoisotopic (exact) mass is 228 g/mol. The summed E-state index contributed by atoms with van der Waals surface area (Å²) in [5.41, 5.74) is 0.530. The Morgan fingerprint density at radius 1 is 1.25 bits per heavy atom. The molecule has 0 saturated heterocycles. The molecule has 1 rings (SSSR count). The number of likely N-dealkylation sites (N-methyl/N-ethyl adjacent to an activating group) is 1. The lowest BCUT2D eigenvalue weighted by Gasteiger charge is -2.05. The highest BCUT2D eigenvalue weighted by molar-refractivity contribution is 5.77. The molecule has 0 saturated carbocycles. The summed E-state index contributed by atoms with van der Waals surface area (Å²) in [5.74, 6) is -1.34. The van der Waals surface area contributed by atoms with Gasteiger partial charge in [-0.2, -0.15) is 0 Å². The van der Waals surface area contributed by atoms with Crippen molar-refractivity contribution < 1.29 is 13.6 Å². The number of hydrogen-bond acceptors (Lipinski definition) is 2. The van der Waals surface area contributed by atoms with Crippen molar-refractivity contribution in [3.63, 3.8) is 0 Å². The van der Waals surface area contributed by atoms with Crippen LogP contribution >= 0.6 is 0 Å². The fourth-order valence-corrected chi connectivity index (χ4v) is 1.32. The van der Waals surface area contributed by atoms with E-state index in [2.05, 4.69) is 10.6 Å². The first-order valence-corrected chi connectivity index (χ1v) is 4.98. The van der Waals surface area contributed by atoms with E-state index in [1.165, 1.54) is 12.1 Å². The van der Waals surface area contributed by atoms with Crippen molar-refractivity contribution in [2.75, 3.05) is 20.1 Å². The van der Waals surface area contributed by atoms with Crippen LogP contribution in [-0.2, 0) is 11.2 Å². The van der Waals surface area contributed by atoms with Gasteiger partial charge < -0.3 is 10.6 Å². The second-order valence-electron chi connectivity index (χ2n) is 3.41. The van der Waals surface area contributed by atoms with Gasteiger partial charge in [0.2, 0.25) is 5.91 Å². The minimum atomic E-state index is -0.600. The van der Waals surface area contributed by atoms with Gasteiger partial charge >= 0.3 is 0 Å². The molecule has 0 aliphatic heterocycles. The van der Waals surface area contributed by atoms with Crippen molar-refractivity contribution in [2.45, 2.75) is 6.42 Å². The average molecular weight is 228 g/mol. The first-order chi connectivity index (χ1) is 7.61. The minimum Gasteiger partial charge on any atom is -0.355 e. The molecule has 2 N–H and O–H groups in total. The van der Waals surface area contributed by atoms with E-state index >= 15 is 0 Å². The van der Waals surface area contributed by atoms with Gasteiger partial charge in [-0.05, 0) is 31.2 Å². The van der Waals surface area contributed by atoms with E-state index in [9.17, 15) is 13.6 Å². The van der Waals surface area contributed by atoms with Crippen molar-refractivity contribution in [1.82, 2.24) is 10.6 Å². The van der Waals surface area contributed by atoms with Crippen LogP contribution in [0.4, 0.5) is 8.78 Å². The highest BCUT2D eigenvalue weighted by Gasteiger charge is 2.02. The number of nitrogens with one attached hydrogen (secondary N) is 2. The summed E-state index contributed by atoms with van der Waals surface area (Å²) in [5, 5.41) is 5.33.